The van der Waals surface area contributed by atoms with Crippen LogP contribution in [0.1, 0.15) is 0 Å². The summed E-state index contributed by atoms with van der Waals surface area (Å²) >= 11 is 5.54. The Morgan fingerprint density at radius 3 is 0.522 bits per heavy atom. The predicted octanol–water partition coefficient (Wildman–Crippen LogP) is 9.23. The first-order valence-electron chi connectivity index (χ1n) is 14.9. The van der Waals surface area contributed by atoms with E-state index in [0.29, 0.717) is 0 Å². The molecule has 0 bridgehead atoms. The molecule has 0 aliphatic carbocycles. The molecule has 0 aliphatic rings. The first kappa shape index (κ1) is 35.0. The number of halogens is 1. The molecular formula is C42H35ClNiP2. The van der Waals surface area contributed by atoms with Crippen LogP contribution < -0.4 is 31.8 Å². The van der Waals surface area contributed by atoms with Crippen molar-refractivity contribution in [3.05, 3.63) is 217 Å². The summed E-state index contributed by atoms with van der Waals surface area (Å²) in [6.07, 6.45) is 0. The monoisotopic (exact) mass is 694 g/mol. The summed E-state index contributed by atoms with van der Waals surface area (Å²) in [5.74, 6) is 0. The molecule has 4 heteroatoms. The van der Waals surface area contributed by atoms with Crippen molar-refractivity contribution < 1.29 is 16.5 Å². The third-order valence-corrected chi connectivity index (χ3v) is 12.0. The van der Waals surface area contributed by atoms with Crippen molar-refractivity contribution in [1.82, 2.24) is 0 Å². The first-order valence-corrected chi connectivity index (χ1v) is 18.0. The minimum atomic E-state index is -0.446. The van der Waals surface area contributed by atoms with Crippen LogP contribution in [0.2, 0.25) is 5.02 Å². The number of benzene rings is 7. The fourth-order valence-corrected chi connectivity index (χ4v) is 9.53. The molecule has 230 valence electrons. The van der Waals surface area contributed by atoms with E-state index in [-0.39, 0.29) is 16.5 Å². The van der Waals surface area contributed by atoms with Gasteiger partial charge in [-0.2, -0.15) is 0 Å². The SMILES string of the molecule is Clc1ccccc1.[Ni].c1ccc(P(c2ccccc2)c2ccccc2)cc1.c1ccc(P(c2ccccc2)c2ccccc2)cc1. The quantitative estimate of drug-likeness (QED) is 0.120. The minimum Gasteiger partial charge on any atom is -0.0843 e. The zero-order valence-electron chi connectivity index (χ0n) is 25.3. The van der Waals surface area contributed by atoms with Crippen LogP contribution in [0.15, 0.2) is 212 Å². The molecule has 0 N–H and O–H groups in total. The molecule has 7 rings (SSSR count). The zero-order valence-corrected chi connectivity index (χ0v) is 28.8. The van der Waals surface area contributed by atoms with Crippen molar-refractivity contribution in [3.8, 4) is 0 Å². The molecule has 0 fully saturated rings. The Balaban J connectivity index is 0.000000170. The molecule has 0 aromatic heterocycles. The third-order valence-electron chi connectivity index (χ3n) is 6.82. The molecular weight excluding hydrogens is 661 g/mol. The summed E-state index contributed by atoms with van der Waals surface area (Å²) in [5, 5.41) is 9.18. The Morgan fingerprint density at radius 1 is 0.239 bits per heavy atom. The maximum Gasteiger partial charge on any atom is 0.0405 e. The van der Waals surface area contributed by atoms with Gasteiger partial charge in [-0.05, 0) is 59.8 Å². The van der Waals surface area contributed by atoms with Gasteiger partial charge in [-0.3, -0.25) is 0 Å². The van der Waals surface area contributed by atoms with Crippen LogP contribution in [-0.2, 0) is 16.5 Å². The van der Waals surface area contributed by atoms with Gasteiger partial charge in [0.15, 0.2) is 0 Å². The van der Waals surface area contributed by atoms with Gasteiger partial charge in [0.2, 0.25) is 0 Å². The molecule has 0 spiro atoms. The van der Waals surface area contributed by atoms with E-state index in [1.807, 2.05) is 30.3 Å². The largest absolute Gasteiger partial charge is 0.0843 e. The topological polar surface area (TPSA) is 0 Å². The van der Waals surface area contributed by atoms with Crippen LogP contribution in [-0.4, -0.2) is 0 Å². The third kappa shape index (κ3) is 10.6. The summed E-state index contributed by atoms with van der Waals surface area (Å²) in [4.78, 5) is 0. The van der Waals surface area contributed by atoms with Crippen LogP contribution in [0.5, 0.6) is 0 Å². The second kappa shape index (κ2) is 19.6. The molecule has 0 radical (unpaired) electrons. The zero-order chi connectivity index (χ0) is 30.9. The van der Waals surface area contributed by atoms with E-state index in [0.717, 1.165) is 5.02 Å². The van der Waals surface area contributed by atoms with Crippen LogP contribution in [0.3, 0.4) is 0 Å². The standard InChI is InChI=1S/2C18H15P.C6H5Cl.Ni/c2*1-4-10-16(11-5-1)19(17-12-6-2-7-13-17)18-14-8-3-9-15-18;7-6-4-2-1-3-5-6;/h2*1-15H;1-5H;. The maximum absolute atomic E-state index is 5.54. The second-order valence-electron chi connectivity index (χ2n) is 9.98. The van der Waals surface area contributed by atoms with E-state index < -0.39 is 15.8 Å². The van der Waals surface area contributed by atoms with E-state index in [9.17, 15) is 0 Å². The summed E-state index contributed by atoms with van der Waals surface area (Å²) in [6, 6.07) is 74.1. The van der Waals surface area contributed by atoms with E-state index in [4.69, 9.17) is 11.6 Å². The van der Waals surface area contributed by atoms with E-state index >= 15 is 0 Å². The van der Waals surface area contributed by atoms with Crippen molar-refractivity contribution in [1.29, 1.82) is 0 Å². The summed E-state index contributed by atoms with van der Waals surface area (Å²) in [7, 11) is -0.892. The molecule has 0 aliphatic heterocycles. The fourth-order valence-electron chi connectivity index (χ4n) is 4.77. The van der Waals surface area contributed by atoms with Crippen LogP contribution >= 0.6 is 27.4 Å². The minimum absolute atomic E-state index is 0. The molecule has 0 atom stereocenters. The molecule has 46 heavy (non-hydrogen) atoms. The Labute approximate surface area is 291 Å². The van der Waals surface area contributed by atoms with Gasteiger partial charge in [0.25, 0.3) is 0 Å². The molecule has 0 saturated carbocycles. The van der Waals surface area contributed by atoms with Gasteiger partial charge in [0.1, 0.15) is 0 Å². The molecule has 0 heterocycles. The van der Waals surface area contributed by atoms with Crippen molar-refractivity contribution in [2.45, 2.75) is 0 Å². The average Bonchev–Trinajstić information content (AvgIpc) is 3.12. The maximum atomic E-state index is 5.54. The fraction of sp³-hybridized carbons (Fsp3) is 0. The van der Waals surface area contributed by atoms with Gasteiger partial charge in [-0.1, -0.05) is 212 Å². The second-order valence-corrected chi connectivity index (χ2v) is 14.9. The summed E-state index contributed by atoms with van der Waals surface area (Å²) in [6.45, 7) is 0. The van der Waals surface area contributed by atoms with Crippen molar-refractivity contribution in [2.24, 2.45) is 0 Å². The summed E-state index contributed by atoms with van der Waals surface area (Å²) in [5.41, 5.74) is 0. The Morgan fingerprint density at radius 2 is 0.391 bits per heavy atom. The van der Waals surface area contributed by atoms with E-state index in [1.165, 1.54) is 31.8 Å². The van der Waals surface area contributed by atoms with Gasteiger partial charge in [-0.15, -0.1) is 0 Å². The Hall–Kier alpha value is -3.82. The average molecular weight is 696 g/mol. The molecule has 0 amide bonds. The van der Waals surface area contributed by atoms with E-state index in [1.54, 1.807) is 0 Å². The van der Waals surface area contributed by atoms with Crippen LogP contribution in [0.4, 0.5) is 0 Å². The predicted molar refractivity (Wildman–Crippen MR) is 202 cm³/mol. The van der Waals surface area contributed by atoms with Crippen LogP contribution in [0, 0.1) is 0 Å². The number of hydrogen-bond acceptors (Lipinski definition) is 0. The van der Waals surface area contributed by atoms with Gasteiger partial charge < -0.3 is 0 Å². The van der Waals surface area contributed by atoms with E-state index in [2.05, 4.69) is 182 Å². The number of hydrogen-bond donors (Lipinski definition) is 0. The molecule has 7 aromatic carbocycles. The Kier molecular flexibility index (Phi) is 15.0. The molecule has 0 unspecified atom stereocenters. The first-order chi connectivity index (χ1) is 22.3. The molecule has 0 nitrogen and oxygen atoms in total. The Bertz CT molecular complexity index is 1470. The van der Waals surface area contributed by atoms with Crippen molar-refractivity contribution >= 4 is 59.3 Å². The number of rotatable bonds is 6. The molecule has 7 aromatic rings. The summed E-state index contributed by atoms with van der Waals surface area (Å²) < 4.78 is 0. The molecule has 0 saturated heterocycles. The van der Waals surface area contributed by atoms with Crippen molar-refractivity contribution in [2.75, 3.05) is 0 Å². The van der Waals surface area contributed by atoms with Gasteiger partial charge in [-0.25, -0.2) is 0 Å². The van der Waals surface area contributed by atoms with Gasteiger partial charge in [0, 0.05) is 21.5 Å². The van der Waals surface area contributed by atoms with Crippen molar-refractivity contribution in [3.63, 3.8) is 0 Å². The smallest absolute Gasteiger partial charge is 0.0405 e. The van der Waals surface area contributed by atoms with Crippen LogP contribution in [0.25, 0.3) is 0 Å². The van der Waals surface area contributed by atoms with Gasteiger partial charge >= 0.3 is 0 Å². The normalized spacial score (nSPS) is 10.1. The van der Waals surface area contributed by atoms with Gasteiger partial charge in [0.05, 0.1) is 0 Å².